The molecule has 0 saturated carbocycles. The molecule has 2 unspecified atom stereocenters. The lowest BCUT2D eigenvalue weighted by atomic mass is 9.87. The van der Waals surface area contributed by atoms with Crippen LogP contribution < -0.4 is 0 Å². The minimum atomic E-state index is -4.23. The first-order valence-electron chi connectivity index (χ1n) is 4.33. The van der Waals surface area contributed by atoms with Gasteiger partial charge in [0.1, 0.15) is 0 Å². The highest BCUT2D eigenvalue weighted by Crippen LogP contribution is 2.41. The highest BCUT2D eigenvalue weighted by atomic mass is 32.2. The molecule has 0 radical (unpaired) electrons. The molecular weight excluding hydrogens is 209 g/mol. The van der Waals surface area contributed by atoms with Crippen molar-refractivity contribution in [1.82, 2.24) is 0 Å². The number of halogens is 3. The summed E-state index contributed by atoms with van der Waals surface area (Å²) < 4.78 is 36.8. The molecule has 0 saturated heterocycles. The first-order chi connectivity index (χ1) is 6.29. The first kappa shape index (κ1) is 11.7. The number of thioether (sulfide) groups is 1. The second-order valence-corrected chi connectivity index (χ2v) is 4.92. The summed E-state index contributed by atoms with van der Waals surface area (Å²) in [6, 6.07) is 0. The van der Waals surface area contributed by atoms with Crippen LogP contribution in [0.3, 0.4) is 0 Å². The van der Waals surface area contributed by atoms with Crippen molar-refractivity contribution < 1.29 is 13.2 Å². The van der Waals surface area contributed by atoms with Crippen molar-refractivity contribution in [3.63, 3.8) is 0 Å². The molecule has 1 rings (SSSR count). The number of allylic oxidation sites excluding steroid dienone is 3. The standard InChI is InChI=1S/C10H13F3S/c1-7-4-5-8(10(11,12)13)6-9(7,2)14-3/h4-7H,1-3H3. The van der Waals surface area contributed by atoms with Crippen LogP contribution in [0.1, 0.15) is 13.8 Å². The first-order valence-corrected chi connectivity index (χ1v) is 5.55. The van der Waals surface area contributed by atoms with E-state index in [1.165, 1.54) is 23.9 Å². The third-order valence-electron chi connectivity index (χ3n) is 2.68. The number of hydrogen-bond acceptors (Lipinski definition) is 1. The molecule has 80 valence electrons. The van der Waals surface area contributed by atoms with Crippen LogP contribution in [0.15, 0.2) is 23.8 Å². The second-order valence-electron chi connectivity index (χ2n) is 3.63. The Balaban J connectivity index is 3.03. The lowest BCUT2D eigenvalue weighted by Gasteiger charge is -2.33. The average molecular weight is 222 g/mol. The molecule has 0 aliphatic heterocycles. The quantitative estimate of drug-likeness (QED) is 0.650. The minimum absolute atomic E-state index is 0.128. The van der Waals surface area contributed by atoms with Crippen LogP contribution in [-0.2, 0) is 0 Å². The van der Waals surface area contributed by atoms with E-state index in [9.17, 15) is 13.2 Å². The predicted octanol–water partition coefficient (Wildman–Crippen LogP) is 3.80. The Morgan fingerprint density at radius 3 is 2.43 bits per heavy atom. The fourth-order valence-electron chi connectivity index (χ4n) is 1.35. The number of alkyl halides is 3. The van der Waals surface area contributed by atoms with E-state index in [4.69, 9.17) is 0 Å². The van der Waals surface area contributed by atoms with Crippen LogP contribution in [0.2, 0.25) is 0 Å². The molecule has 0 aromatic heterocycles. The minimum Gasteiger partial charge on any atom is -0.166 e. The van der Waals surface area contributed by atoms with E-state index < -0.39 is 16.5 Å². The summed E-state index contributed by atoms with van der Waals surface area (Å²) in [7, 11) is 0. The molecule has 2 atom stereocenters. The number of hydrogen-bond donors (Lipinski definition) is 0. The second kappa shape index (κ2) is 3.65. The Kier molecular flexibility index (Phi) is 3.04. The third kappa shape index (κ3) is 2.16. The van der Waals surface area contributed by atoms with Crippen molar-refractivity contribution in [3.05, 3.63) is 23.8 Å². The Morgan fingerprint density at radius 2 is 2.00 bits per heavy atom. The SMILES string of the molecule is CSC1(C)C=C(C(F)(F)F)C=CC1C. The molecule has 0 heterocycles. The maximum absolute atomic E-state index is 12.4. The molecule has 0 fully saturated rings. The van der Waals surface area contributed by atoms with Gasteiger partial charge in [-0.25, -0.2) is 0 Å². The Bertz CT molecular complexity index is 278. The van der Waals surface area contributed by atoms with E-state index in [-0.39, 0.29) is 5.92 Å². The van der Waals surface area contributed by atoms with Gasteiger partial charge in [0.2, 0.25) is 0 Å². The summed E-state index contributed by atoms with van der Waals surface area (Å²) >= 11 is 1.45. The molecule has 0 bridgehead atoms. The molecule has 0 N–H and O–H groups in total. The van der Waals surface area contributed by atoms with Gasteiger partial charge in [-0.1, -0.05) is 25.2 Å². The van der Waals surface area contributed by atoms with E-state index in [0.717, 1.165) is 0 Å². The van der Waals surface area contributed by atoms with Gasteiger partial charge in [-0.2, -0.15) is 24.9 Å². The molecule has 4 heteroatoms. The predicted molar refractivity (Wildman–Crippen MR) is 54.4 cm³/mol. The summed E-state index contributed by atoms with van der Waals surface area (Å²) in [6.45, 7) is 3.76. The lowest BCUT2D eigenvalue weighted by Crippen LogP contribution is -2.30. The van der Waals surface area contributed by atoms with E-state index in [2.05, 4.69) is 0 Å². The van der Waals surface area contributed by atoms with Crippen molar-refractivity contribution in [2.45, 2.75) is 24.8 Å². The van der Waals surface area contributed by atoms with Crippen LogP contribution >= 0.6 is 11.8 Å². The van der Waals surface area contributed by atoms with E-state index in [1.54, 1.807) is 6.08 Å². The van der Waals surface area contributed by atoms with Gasteiger partial charge in [0, 0.05) is 4.75 Å². The van der Waals surface area contributed by atoms with E-state index >= 15 is 0 Å². The van der Waals surface area contributed by atoms with Crippen LogP contribution in [0.25, 0.3) is 0 Å². The van der Waals surface area contributed by atoms with Gasteiger partial charge >= 0.3 is 6.18 Å². The molecule has 0 spiro atoms. The summed E-state index contributed by atoms with van der Waals surface area (Å²) in [4.78, 5) is 0. The van der Waals surface area contributed by atoms with Crippen LogP contribution in [0, 0.1) is 5.92 Å². The van der Waals surface area contributed by atoms with Gasteiger partial charge in [-0.15, -0.1) is 0 Å². The van der Waals surface area contributed by atoms with E-state index in [0.29, 0.717) is 0 Å². The van der Waals surface area contributed by atoms with Crippen molar-refractivity contribution in [2.24, 2.45) is 5.92 Å². The zero-order valence-electron chi connectivity index (χ0n) is 8.35. The lowest BCUT2D eigenvalue weighted by molar-refractivity contribution is -0.0889. The van der Waals surface area contributed by atoms with E-state index in [1.807, 2.05) is 20.1 Å². The molecule has 1 aliphatic carbocycles. The van der Waals surface area contributed by atoms with Gasteiger partial charge in [0.15, 0.2) is 0 Å². The highest BCUT2D eigenvalue weighted by Gasteiger charge is 2.38. The fraction of sp³-hybridized carbons (Fsp3) is 0.600. The van der Waals surface area contributed by atoms with Crippen LogP contribution in [-0.4, -0.2) is 17.2 Å². The molecular formula is C10H13F3S. The van der Waals surface area contributed by atoms with Gasteiger partial charge in [-0.3, -0.25) is 0 Å². The maximum Gasteiger partial charge on any atom is 0.416 e. The summed E-state index contributed by atoms with van der Waals surface area (Å²) in [5.74, 6) is 0.128. The Labute approximate surface area is 86.3 Å². The zero-order chi connectivity index (χ0) is 11.0. The van der Waals surface area contributed by atoms with Crippen molar-refractivity contribution in [1.29, 1.82) is 0 Å². The zero-order valence-corrected chi connectivity index (χ0v) is 9.17. The maximum atomic E-state index is 12.4. The van der Waals surface area contributed by atoms with Gasteiger partial charge in [0.05, 0.1) is 5.57 Å². The molecule has 1 aliphatic rings. The summed E-state index contributed by atoms with van der Waals surface area (Å²) in [5, 5.41) is 0. The fourth-order valence-corrected chi connectivity index (χ4v) is 2.04. The smallest absolute Gasteiger partial charge is 0.166 e. The Morgan fingerprint density at radius 1 is 1.43 bits per heavy atom. The molecule has 0 aromatic carbocycles. The average Bonchev–Trinajstić information content (AvgIpc) is 2.08. The van der Waals surface area contributed by atoms with Gasteiger partial charge in [-0.05, 0) is 19.1 Å². The van der Waals surface area contributed by atoms with Crippen molar-refractivity contribution in [3.8, 4) is 0 Å². The summed E-state index contributed by atoms with van der Waals surface area (Å²) in [6.07, 6.45) is 1.72. The Hall–Kier alpha value is -0.380. The molecule has 0 amide bonds. The van der Waals surface area contributed by atoms with Gasteiger partial charge in [0.25, 0.3) is 0 Å². The van der Waals surface area contributed by atoms with Crippen molar-refractivity contribution >= 4 is 11.8 Å². The van der Waals surface area contributed by atoms with Crippen LogP contribution in [0.4, 0.5) is 13.2 Å². The van der Waals surface area contributed by atoms with Crippen LogP contribution in [0.5, 0.6) is 0 Å². The number of rotatable bonds is 1. The molecule has 0 aromatic rings. The summed E-state index contributed by atoms with van der Waals surface area (Å²) in [5.41, 5.74) is -0.535. The normalized spacial score (nSPS) is 33.0. The van der Waals surface area contributed by atoms with Gasteiger partial charge < -0.3 is 0 Å². The molecule has 14 heavy (non-hydrogen) atoms. The monoisotopic (exact) mass is 222 g/mol. The third-order valence-corrected chi connectivity index (χ3v) is 4.05. The highest BCUT2D eigenvalue weighted by molar-refractivity contribution is 8.00. The largest absolute Gasteiger partial charge is 0.416 e. The molecule has 0 nitrogen and oxygen atoms in total. The van der Waals surface area contributed by atoms with Crippen molar-refractivity contribution in [2.75, 3.05) is 6.26 Å². The topological polar surface area (TPSA) is 0 Å².